The standard InChI is InChI=1S/C11H20ClO3P/c1-3-14-16(13,15-4-2)11(12)10-8-6-5-7-9-10/h3-9H2,1-2H3. The number of hydrogen-bond acceptors (Lipinski definition) is 3. The summed E-state index contributed by atoms with van der Waals surface area (Å²) in [4.78, 5) is 0. The minimum Gasteiger partial charge on any atom is -0.305 e. The molecular formula is C11H20ClO3P. The van der Waals surface area contributed by atoms with Crippen LogP contribution in [0.1, 0.15) is 46.0 Å². The maximum absolute atomic E-state index is 12.4. The molecule has 0 aromatic rings. The lowest BCUT2D eigenvalue weighted by Gasteiger charge is -2.21. The first-order chi connectivity index (χ1) is 7.64. The van der Waals surface area contributed by atoms with Gasteiger partial charge in [-0.05, 0) is 45.1 Å². The fourth-order valence-electron chi connectivity index (χ4n) is 1.87. The maximum atomic E-state index is 12.4. The van der Waals surface area contributed by atoms with Crippen molar-refractivity contribution < 1.29 is 13.6 Å². The Kier molecular flexibility index (Phi) is 6.06. The molecule has 0 saturated heterocycles. The van der Waals surface area contributed by atoms with E-state index in [9.17, 15) is 4.57 Å². The van der Waals surface area contributed by atoms with Gasteiger partial charge >= 0.3 is 7.60 Å². The second kappa shape index (κ2) is 6.80. The fraction of sp³-hybridized carbons (Fsp3) is 0.818. The molecule has 1 rings (SSSR count). The third-order valence-electron chi connectivity index (χ3n) is 2.59. The molecule has 0 N–H and O–H groups in total. The van der Waals surface area contributed by atoms with Gasteiger partial charge in [0, 0.05) is 0 Å². The van der Waals surface area contributed by atoms with Crippen LogP contribution in [-0.4, -0.2) is 13.2 Å². The van der Waals surface area contributed by atoms with Gasteiger partial charge in [-0.2, -0.15) is 0 Å². The molecule has 0 amide bonds. The van der Waals surface area contributed by atoms with E-state index >= 15 is 0 Å². The normalized spacial score (nSPS) is 17.6. The number of rotatable bonds is 5. The molecule has 94 valence electrons. The van der Waals surface area contributed by atoms with Gasteiger partial charge < -0.3 is 9.05 Å². The Hall–Kier alpha value is 0.180. The zero-order chi connectivity index (χ0) is 12.0. The molecule has 1 fully saturated rings. The van der Waals surface area contributed by atoms with E-state index in [1.165, 1.54) is 6.42 Å². The molecule has 3 nitrogen and oxygen atoms in total. The summed E-state index contributed by atoms with van der Waals surface area (Å²) in [5.74, 6) is 0. The van der Waals surface area contributed by atoms with Gasteiger partial charge in [-0.25, -0.2) is 0 Å². The van der Waals surface area contributed by atoms with Gasteiger partial charge in [0.2, 0.25) is 0 Å². The van der Waals surface area contributed by atoms with E-state index in [-0.39, 0.29) is 0 Å². The van der Waals surface area contributed by atoms with Crippen LogP contribution >= 0.6 is 19.2 Å². The topological polar surface area (TPSA) is 35.5 Å². The summed E-state index contributed by atoms with van der Waals surface area (Å²) in [6, 6.07) is 0. The van der Waals surface area contributed by atoms with Crippen molar-refractivity contribution in [3.63, 3.8) is 0 Å². The van der Waals surface area contributed by atoms with Crippen LogP contribution in [0.15, 0.2) is 10.3 Å². The first kappa shape index (κ1) is 14.2. The van der Waals surface area contributed by atoms with Gasteiger partial charge in [0.15, 0.2) is 0 Å². The maximum Gasteiger partial charge on any atom is 0.372 e. The second-order valence-electron chi connectivity index (χ2n) is 3.79. The first-order valence-electron chi connectivity index (χ1n) is 5.91. The zero-order valence-electron chi connectivity index (χ0n) is 10.00. The third kappa shape index (κ3) is 3.59. The highest BCUT2D eigenvalue weighted by Gasteiger charge is 2.31. The Morgan fingerprint density at radius 2 is 1.69 bits per heavy atom. The van der Waals surface area contributed by atoms with E-state index in [1.807, 2.05) is 0 Å². The Balaban J connectivity index is 2.87. The molecule has 1 saturated carbocycles. The molecule has 0 bridgehead atoms. The Bertz CT molecular complexity index is 284. The Labute approximate surface area is 103 Å². The fourth-order valence-corrected chi connectivity index (χ4v) is 3.94. The molecular weight excluding hydrogens is 247 g/mol. The SMILES string of the molecule is CCOP(=O)(OCC)C(Cl)=C1CCCCC1. The average molecular weight is 267 g/mol. The lowest BCUT2D eigenvalue weighted by atomic mass is 9.96. The molecule has 1 aliphatic rings. The summed E-state index contributed by atoms with van der Waals surface area (Å²) < 4.78 is 23.2. The smallest absolute Gasteiger partial charge is 0.305 e. The van der Waals surface area contributed by atoms with Crippen molar-refractivity contribution in [2.24, 2.45) is 0 Å². The van der Waals surface area contributed by atoms with Crippen molar-refractivity contribution in [1.82, 2.24) is 0 Å². The molecule has 5 heteroatoms. The second-order valence-corrected chi connectivity index (χ2v) is 6.39. The summed E-state index contributed by atoms with van der Waals surface area (Å²) in [6.45, 7) is 4.28. The molecule has 0 unspecified atom stereocenters. The molecule has 1 aliphatic carbocycles. The Morgan fingerprint density at radius 1 is 1.19 bits per heavy atom. The summed E-state index contributed by atoms with van der Waals surface area (Å²) in [7, 11) is -3.23. The average Bonchev–Trinajstić information content (AvgIpc) is 2.30. The first-order valence-corrected chi connectivity index (χ1v) is 7.83. The van der Waals surface area contributed by atoms with Crippen LogP contribution in [0.5, 0.6) is 0 Å². The van der Waals surface area contributed by atoms with E-state index < -0.39 is 7.60 Å². The predicted octanol–water partition coefficient (Wildman–Crippen LogP) is 4.67. The third-order valence-corrected chi connectivity index (χ3v) is 5.47. The van der Waals surface area contributed by atoms with Crippen LogP contribution in [0, 0.1) is 0 Å². The molecule has 0 spiro atoms. The number of hydrogen-bond donors (Lipinski definition) is 0. The van der Waals surface area contributed by atoms with Crippen LogP contribution < -0.4 is 0 Å². The minimum absolute atomic E-state index is 0.330. The summed E-state index contributed by atoms with van der Waals surface area (Å²) >= 11 is 6.19. The van der Waals surface area contributed by atoms with Crippen LogP contribution in [0.25, 0.3) is 0 Å². The molecule has 0 aromatic carbocycles. The summed E-state index contributed by atoms with van der Waals surface area (Å²) in [6.07, 6.45) is 5.29. The van der Waals surface area contributed by atoms with Crippen LogP contribution in [0.2, 0.25) is 0 Å². The highest BCUT2D eigenvalue weighted by atomic mass is 35.5. The van der Waals surface area contributed by atoms with Crippen molar-refractivity contribution in [3.05, 3.63) is 10.3 Å². The van der Waals surface area contributed by atoms with Crippen molar-refractivity contribution in [1.29, 1.82) is 0 Å². The number of halogens is 1. The molecule has 0 atom stereocenters. The lowest BCUT2D eigenvalue weighted by molar-refractivity contribution is 0.227. The summed E-state index contributed by atoms with van der Waals surface area (Å²) in [5, 5.41) is 0. The molecule has 0 radical (unpaired) electrons. The van der Waals surface area contributed by atoms with E-state index in [0.29, 0.717) is 18.0 Å². The van der Waals surface area contributed by atoms with Gasteiger partial charge in [-0.1, -0.05) is 18.0 Å². The molecule has 0 heterocycles. The van der Waals surface area contributed by atoms with Crippen molar-refractivity contribution in [2.75, 3.05) is 13.2 Å². The molecule has 0 aliphatic heterocycles. The molecule has 16 heavy (non-hydrogen) atoms. The van der Waals surface area contributed by atoms with Gasteiger partial charge in [-0.3, -0.25) is 4.57 Å². The van der Waals surface area contributed by atoms with Gasteiger partial charge in [-0.15, -0.1) is 0 Å². The Morgan fingerprint density at radius 3 is 2.12 bits per heavy atom. The molecule has 0 aromatic heterocycles. The highest BCUT2D eigenvalue weighted by Crippen LogP contribution is 2.60. The van der Waals surface area contributed by atoms with Crippen LogP contribution in [-0.2, 0) is 13.6 Å². The van der Waals surface area contributed by atoms with Crippen LogP contribution in [0.3, 0.4) is 0 Å². The van der Waals surface area contributed by atoms with Gasteiger partial charge in [0.05, 0.1) is 13.2 Å². The number of allylic oxidation sites excluding steroid dienone is 1. The van der Waals surface area contributed by atoms with Crippen LogP contribution in [0.4, 0.5) is 0 Å². The van der Waals surface area contributed by atoms with Crippen molar-refractivity contribution in [3.8, 4) is 0 Å². The van der Waals surface area contributed by atoms with Crippen molar-refractivity contribution in [2.45, 2.75) is 46.0 Å². The quantitative estimate of drug-likeness (QED) is 0.679. The van der Waals surface area contributed by atoms with Crippen molar-refractivity contribution >= 4 is 19.2 Å². The lowest BCUT2D eigenvalue weighted by Crippen LogP contribution is -2.01. The van der Waals surface area contributed by atoms with E-state index in [2.05, 4.69) is 0 Å². The minimum atomic E-state index is -3.23. The van der Waals surface area contributed by atoms with Gasteiger partial charge in [0.1, 0.15) is 4.77 Å². The predicted molar refractivity (Wildman–Crippen MR) is 66.8 cm³/mol. The zero-order valence-corrected chi connectivity index (χ0v) is 11.7. The van der Waals surface area contributed by atoms with E-state index in [1.54, 1.807) is 13.8 Å². The largest absolute Gasteiger partial charge is 0.372 e. The summed E-state index contributed by atoms with van der Waals surface area (Å²) in [5.41, 5.74) is 1.05. The van der Waals surface area contributed by atoms with E-state index in [4.69, 9.17) is 20.6 Å². The monoisotopic (exact) mass is 266 g/mol. The van der Waals surface area contributed by atoms with Gasteiger partial charge in [0.25, 0.3) is 0 Å². The highest BCUT2D eigenvalue weighted by molar-refractivity contribution is 7.61. The van der Waals surface area contributed by atoms with E-state index in [0.717, 1.165) is 31.3 Å².